The van der Waals surface area contributed by atoms with Crippen LogP contribution in [0.5, 0.6) is 0 Å². The van der Waals surface area contributed by atoms with Crippen LogP contribution in [0.15, 0.2) is 41.3 Å². The summed E-state index contributed by atoms with van der Waals surface area (Å²) >= 11 is 7.85. The molecule has 1 aliphatic rings. The van der Waals surface area contributed by atoms with Crippen molar-refractivity contribution in [2.75, 3.05) is 32.1 Å². The third-order valence-electron chi connectivity index (χ3n) is 3.53. The van der Waals surface area contributed by atoms with Gasteiger partial charge in [-0.1, -0.05) is 35.9 Å². The van der Waals surface area contributed by atoms with Crippen LogP contribution in [-0.2, 0) is 9.53 Å². The maximum atomic E-state index is 12.2. The zero-order valence-electron chi connectivity index (χ0n) is 11.5. The van der Waals surface area contributed by atoms with E-state index in [9.17, 15) is 4.79 Å². The molecule has 0 aliphatic carbocycles. The van der Waals surface area contributed by atoms with Crippen molar-refractivity contribution in [1.82, 2.24) is 4.90 Å². The first kappa shape index (κ1) is 14.7. The summed E-state index contributed by atoms with van der Waals surface area (Å²) in [6.45, 7) is 2.65. The van der Waals surface area contributed by atoms with Gasteiger partial charge < -0.3 is 9.64 Å². The quantitative estimate of drug-likeness (QED) is 0.811. The van der Waals surface area contributed by atoms with Gasteiger partial charge in [0.25, 0.3) is 0 Å². The summed E-state index contributed by atoms with van der Waals surface area (Å²) in [6.07, 6.45) is 0. The van der Waals surface area contributed by atoms with E-state index in [1.165, 1.54) is 0 Å². The third kappa shape index (κ3) is 3.34. The van der Waals surface area contributed by atoms with E-state index in [0.29, 0.717) is 32.1 Å². The van der Waals surface area contributed by atoms with Gasteiger partial charge >= 0.3 is 0 Å². The number of rotatable bonds is 3. The van der Waals surface area contributed by atoms with Gasteiger partial charge in [-0.3, -0.25) is 4.79 Å². The van der Waals surface area contributed by atoms with Gasteiger partial charge in [-0.15, -0.1) is 11.8 Å². The molecule has 1 heterocycles. The molecule has 0 aromatic heterocycles. The predicted octanol–water partition coefficient (Wildman–Crippen LogP) is 3.44. The number of hydrogen-bond acceptors (Lipinski definition) is 3. The number of fused-ring (bicyclic) bond motifs is 1. The highest BCUT2D eigenvalue weighted by atomic mass is 35.5. The molecule has 2 aromatic carbocycles. The lowest BCUT2D eigenvalue weighted by Crippen LogP contribution is -2.41. The van der Waals surface area contributed by atoms with E-state index >= 15 is 0 Å². The maximum absolute atomic E-state index is 12.2. The highest BCUT2D eigenvalue weighted by molar-refractivity contribution is 8.00. The minimum Gasteiger partial charge on any atom is -0.378 e. The second kappa shape index (κ2) is 6.69. The van der Waals surface area contributed by atoms with Crippen molar-refractivity contribution in [3.8, 4) is 0 Å². The first-order chi connectivity index (χ1) is 10.3. The molecule has 3 nitrogen and oxygen atoms in total. The van der Waals surface area contributed by atoms with Crippen LogP contribution in [0.1, 0.15) is 0 Å². The van der Waals surface area contributed by atoms with Gasteiger partial charge in [-0.2, -0.15) is 0 Å². The molecule has 5 heteroatoms. The Morgan fingerprint density at radius 3 is 2.67 bits per heavy atom. The maximum Gasteiger partial charge on any atom is 0.233 e. The van der Waals surface area contributed by atoms with Gasteiger partial charge in [-0.25, -0.2) is 0 Å². The smallest absolute Gasteiger partial charge is 0.233 e. The Morgan fingerprint density at radius 1 is 1.19 bits per heavy atom. The average molecular weight is 322 g/mol. The van der Waals surface area contributed by atoms with Crippen LogP contribution < -0.4 is 0 Å². The molecule has 0 N–H and O–H groups in total. The molecule has 0 radical (unpaired) electrons. The fraction of sp³-hybridized carbons (Fsp3) is 0.312. The van der Waals surface area contributed by atoms with Crippen LogP contribution >= 0.6 is 23.4 Å². The number of thioether (sulfide) groups is 1. The number of benzene rings is 2. The summed E-state index contributed by atoms with van der Waals surface area (Å²) in [4.78, 5) is 15.1. The van der Waals surface area contributed by atoms with Crippen LogP contribution in [0.3, 0.4) is 0 Å². The number of carbonyl (C=O) groups is 1. The molecule has 1 fully saturated rings. The molecule has 21 heavy (non-hydrogen) atoms. The molecular weight excluding hydrogens is 306 g/mol. The Hall–Kier alpha value is -1.23. The first-order valence-corrected chi connectivity index (χ1v) is 8.27. The highest BCUT2D eigenvalue weighted by Crippen LogP contribution is 2.33. The number of nitrogens with zero attached hydrogens (tertiary/aromatic N) is 1. The van der Waals surface area contributed by atoms with Gasteiger partial charge in [-0.05, 0) is 17.5 Å². The summed E-state index contributed by atoms with van der Waals surface area (Å²) in [5.41, 5.74) is 0. The summed E-state index contributed by atoms with van der Waals surface area (Å²) in [5.74, 6) is 0.594. The lowest BCUT2D eigenvalue weighted by molar-refractivity contribution is -0.132. The minimum absolute atomic E-state index is 0.160. The second-order valence-corrected chi connectivity index (χ2v) is 6.30. The number of halogens is 1. The fourth-order valence-corrected chi connectivity index (χ4v) is 3.77. The van der Waals surface area contributed by atoms with Crippen LogP contribution in [0.2, 0.25) is 5.02 Å². The standard InChI is InChI=1S/C16H16ClNO2S/c17-13-5-1-3-12-4-2-6-14(16(12)13)21-11-15(19)18-7-9-20-10-8-18/h1-6H,7-11H2. The normalized spacial score (nSPS) is 15.4. The summed E-state index contributed by atoms with van der Waals surface area (Å²) in [6, 6.07) is 11.9. The zero-order chi connectivity index (χ0) is 14.7. The lowest BCUT2D eigenvalue weighted by Gasteiger charge is -2.26. The van der Waals surface area contributed by atoms with Gasteiger partial charge in [0.2, 0.25) is 5.91 Å². The van der Waals surface area contributed by atoms with Gasteiger partial charge in [0.1, 0.15) is 0 Å². The summed E-state index contributed by atoms with van der Waals surface area (Å²) in [7, 11) is 0. The molecule has 110 valence electrons. The van der Waals surface area contributed by atoms with Crippen LogP contribution in [-0.4, -0.2) is 42.9 Å². The van der Waals surface area contributed by atoms with E-state index in [1.54, 1.807) is 11.8 Å². The highest BCUT2D eigenvalue weighted by Gasteiger charge is 2.17. The van der Waals surface area contributed by atoms with Gasteiger partial charge in [0.05, 0.1) is 19.0 Å². The van der Waals surface area contributed by atoms with Crippen molar-refractivity contribution < 1.29 is 9.53 Å². The van der Waals surface area contributed by atoms with Crippen molar-refractivity contribution in [2.45, 2.75) is 4.90 Å². The molecule has 0 saturated carbocycles. The topological polar surface area (TPSA) is 29.5 Å². The molecule has 0 spiro atoms. The lowest BCUT2D eigenvalue weighted by atomic mass is 10.1. The van der Waals surface area contributed by atoms with Crippen molar-refractivity contribution >= 4 is 40.0 Å². The van der Waals surface area contributed by atoms with Crippen molar-refractivity contribution in [1.29, 1.82) is 0 Å². The van der Waals surface area contributed by atoms with E-state index in [0.717, 1.165) is 20.7 Å². The largest absolute Gasteiger partial charge is 0.378 e. The average Bonchev–Trinajstić information content (AvgIpc) is 2.53. The van der Waals surface area contributed by atoms with E-state index in [-0.39, 0.29) is 5.91 Å². The van der Waals surface area contributed by atoms with Crippen molar-refractivity contribution in [2.24, 2.45) is 0 Å². The number of morpholine rings is 1. The number of carbonyl (C=O) groups excluding carboxylic acids is 1. The number of hydrogen-bond donors (Lipinski definition) is 0. The van der Waals surface area contributed by atoms with Gasteiger partial charge in [0.15, 0.2) is 0 Å². The first-order valence-electron chi connectivity index (χ1n) is 6.91. The molecule has 0 unspecified atom stereocenters. The van der Waals surface area contributed by atoms with E-state index in [1.807, 2.05) is 41.3 Å². The second-order valence-electron chi connectivity index (χ2n) is 4.88. The zero-order valence-corrected chi connectivity index (χ0v) is 13.1. The molecule has 0 atom stereocenters. The van der Waals surface area contributed by atoms with Crippen LogP contribution in [0.25, 0.3) is 10.8 Å². The third-order valence-corrected chi connectivity index (χ3v) is 4.89. The summed E-state index contributed by atoms with van der Waals surface area (Å²) in [5, 5.41) is 2.86. The van der Waals surface area contributed by atoms with Crippen molar-refractivity contribution in [3.63, 3.8) is 0 Å². The predicted molar refractivity (Wildman–Crippen MR) is 87.1 cm³/mol. The van der Waals surface area contributed by atoms with Crippen LogP contribution in [0, 0.1) is 0 Å². The fourth-order valence-electron chi connectivity index (χ4n) is 2.43. The Bertz CT molecular complexity index is 651. The molecule has 1 saturated heterocycles. The Balaban J connectivity index is 1.74. The number of amides is 1. The van der Waals surface area contributed by atoms with Crippen LogP contribution in [0.4, 0.5) is 0 Å². The number of ether oxygens (including phenoxy) is 1. The SMILES string of the molecule is O=C(CSc1cccc2cccc(Cl)c12)N1CCOCC1. The molecule has 2 aromatic rings. The molecule has 1 amide bonds. The van der Waals surface area contributed by atoms with Crippen molar-refractivity contribution in [3.05, 3.63) is 41.4 Å². The Kier molecular flexibility index (Phi) is 4.68. The minimum atomic E-state index is 0.160. The molecular formula is C16H16ClNO2S. The van der Waals surface area contributed by atoms with E-state index in [4.69, 9.17) is 16.3 Å². The Morgan fingerprint density at radius 2 is 1.90 bits per heavy atom. The van der Waals surface area contributed by atoms with E-state index < -0.39 is 0 Å². The monoisotopic (exact) mass is 321 g/mol. The Labute approximate surface area is 133 Å². The van der Waals surface area contributed by atoms with E-state index in [2.05, 4.69) is 0 Å². The summed E-state index contributed by atoms with van der Waals surface area (Å²) < 4.78 is 5.27. The molecule has 0 bridgehead atoms. The van der Waals surface area contributed by atoms with Gasteiger partial charge in [0, 0.05) is 28.4 Å². The molecule has 1 aliphatic heterocycles. The molecule has 3 rings (SSSR count).